The molecular weight excluding hydrogens is 458 g/mol. The van der Waals surface area contributed by atoms with Crippen LogP contribution < -0.4 is 14.8 Å². The number of aromatic nitrogens is 1. The van der Waals surface area contributed by atoms with Crippen LogP contribution in [0.2, 0.25) is 0 Å². The Morgan fingerprint density at radius 1 is 1.09 bits per heavy atom. The van der Waals surface area contributed by atoms with Crippen LogP contribution in [0.1, 0.15) is 16.1 Å². The molecule has 0 spiro atoms. The average Bonchev–Trinajstić information content (AvgIpc) is 3.37. The van der Waals surface area contributed by atoms with Crippen molar-refractivity contribution in [2.24, 2.45) is 0 Å². The summed E-state index contributed by atoms with van der Waals surface area (Å²) >= 11 is 1.42. The van der Waals surface area contributed by atoms with Gasteiger partial charge in [-0.1, -0.05) is 54.1 Å². The monoisotopic (exact) mass is 481 g/mol. The molecule has 1 heterocycles. The van der Waals surface area contributed by atoms with Gasteiger partial charge in [0.15, 0.2) is 18.1 Å². The quantitative estimate of drug-likeness (QED) is 0.303. The van der Waals surface area contributed by atoms with Crippen molar-refractivity contribution in [1.29, 1.82) is 5.26 Å². The molecule has 1 N–H and O–H groups in total. The highest BCUT2D eigenvalue weighted by molar-refractivity contribution is 7.11. The molecule has 0 saturated heterocycles. The van der Waals surface area contributed by atoms with Crippen LogP contribution in [0.4, 0.5) is 5.69 Å². The zero-order valence-corrected chi connectivity index (χ0v) is 20.1. The second-order valence-corrected chi connectivity index (χ2v) is 8.55. The summed E-state index contributed by atoms with van der Waals surface area (Å²) in [6.45, 7) is 1.88. The minimum atomic E-state index is -0.276. The van der Waals surface area contributed by atoms with E-state index >= 15 is 0 Å². The van der Waals surface area contributed by atoms with Crippen LogP contribution in [0, 0.1) is 18.3 Å². The summed E-state index contributed by atoms with van der Waals surface area (Å²) < 4.78 is 11.1. The van der Waals surface area contributed by atoms with Crippen molar-refractivity contribution in [2.75, 3.05) is 19.0 Å². The van der Waals surface area contributed by atoms with Crippen molar-refractivity contribution >= 4 is 34.6 Å². The fourth-order valence-electron chi connectivity index (χ4n) is 3.32. The van der Waals surface area contributed by atoms with Gasteiger partial charge >= 0.3 is 0 Å². The second kappa shape index (κ2) is 11.1. The molecule has 35 heavy (non-hydrogen) atoms. The Kier molecular flexibility index (Phi) is 7.56. The predicted octanol–water partition coefficient (Wildman–Crippen LogP) is 6.21. The third-order valence-corrected chi connectivity index (χ3v) is 5.99. The first kappa shape index (κ1) is 23.7. The first-order valence-corrected chi connectivity index (χ1v) is 11.7. The summed E-state index contributed by atoms with van der Waals surface area (Å²) in [4.78, 5) is 16.8. The van der Waals surface area contributed by atoms with E-state index in [4.69, 9.17) is 9.47 Å². The molecule has 7 heteroatoms. The van der Waals surface area contributed by atoms with Gasteiger partial charge in [-0.2, -0.15) is 5.26 Å². The molecule has 1 amide bonds. The number of hydrogen-bond acceptors (Lipinski definition) is 6. The number of methoxy groups -OCH3 is 1. The van der Waals surface area contributed by atoms with E-state index in [2.05, 4.69) is 16.4 Å². The van der Waals surface area contributed by atoms with Gasteiger partial charge in [-0.25, -0.2) is 4.98 Å². The van der Waals surface area contributed by atoms with E-state index < -0.39 is 0 Å². The summed E-state index contributed by atoms with van der Waals surface area (Å²) in [6, 6.07) is 24.8. The van der Waals surface area contributed by atoms with Crippen molar-refractivity contribution < 1.29 is 14.3 Å². The lowest BCUT2D eigenvalue weighted by Crippen LogP contribution is -2.20. The number of para-hydroxylation sites is 1. The third kappa shape index (κ3) is 6.14. The minimum Gasteiger partial charge on any atom is -0.493 e. The Morgan fingerprint density at radius 3 is 2.57 bits per heavy atom. The number of hydrogen-bond donors (Lipinski definition) is 1. The molecule has 0 radical (unpaired) electrons. The number of amides is 1. The Labute approximate surface area is 208 Å². The zero-order valence-electron chi connectivity index (χ0n) is 19.3. The molecule has 4 aromatic rings. The maximum atomic E-state index is 12.2. The van der Waals surface area contributed by atoms with Gasteiger partial charge in [0, 0.05) is 16.6 Å². The van der Waals surface area contributed by atoms with E-state index in [-0.39, 0.29) is 12.5 Å². The highest BCUT2D eigenvalue weighted by Gasteiger charge is 2.12. The topological polar surface area (TPSA) is 84.2 Å². The summed E-state index contributed by atoms with van der Waals surface area (Å²) in [5, 5.41) is 15.1. The van der Waals surface area contributed by atoms with Crippen molar-refractivity contribution in [3.63, 3.8) is 0 Å². The molecular formula is C28H23N3O3S. The van der Waals surface area contributed by atoms with Gasteiger partial charge < -0.3 is 14.8 Å². The zero-order chi connectivity index (χ0) is 24.6. The van der Waals surface area contributed by atoms with Gasteiger partial charge in [0.2, 0.25) is 0 Å². The fraction of sp³-hybridized carbons (Fsp3) is 0.107. The second-order valence-electron chi connectivity index (χ2n) is 7.69. The summed E-state index contributed by atoms with van der Waals surface area (Å²) in [5.41, 5.74) is 4.93. The highest BCUT2D eigenvalue weighted by atomic mass is 32.1. The number of rotatable bonds is 8. The van der Waals surface area contributed by atoms with Gasteiger partial charge in [-0.05, 0) is 42.8 Å². The highest BCUT2D eigenvalue weighted by Crippen LogP contribution is 2.31. The molecule has 4 rings (SSSR count). The Balaban J connectivity index is 1.47. The van der Waals surface area contributed by atoms with Gasteiger partial charge in [0.1, 0.15) is 11.1 Å². The van der Waals surface area contributed by atoms with E-state index in [9.17, 15) is 10.1 Å². The normalized spacial score (nSPS) is 10.9. The standard InChI is InChI=1S/C28H23N3O3S/c1-19-8-11-21(12-9-19)24-18-35-28(31-24)22(16-29)14-20-10-13-25(26(15-20)33-2)34-17-27(32)30-23-6-4-3-5-7-23/h3-15,18H,17H2,1-2H3,(H,30,32)/b22-14+. The molecule has 6 nitrogen and oxygen atoms in total. The summed E-state index contributed by atoms with van der Waals surface area (Å²) in [5.74, 6) is 0.618. The Morgan fingerprint density at radius 2 is 1.86 bits per heavy atom. The number of carbonyl (C=O) groups excluding carboxylic acids is 1. The first-order chi connectivity index (χ1) is 17.1. The van der Waals surface area contributed by atoms with Crippen LogP contribution in [0.5, 0.6) is 11.5 Å². The van der Waals surface area contributed by atoms with E-state index in [1.165, 1.54) is 24.0 Å². The number of benzene rings is 3. The maximum Gasteiger partial charge on any atom is 0.262 e. The van der Waals surface area contributed by atoms with E-state index in [1.807, 2.05) is 54.8 Å². The van der Waals surface area contributed by atoms with Gasteiger partial charge in [0.05, 0.1) is 18.4 Å². The number of nitrogens with one attached hydrogen (secondary N) is 1. The van der Waals surface area contributed by atoms with Crippen LogP contribution in [-0.2, 0) is 4.79 Å². The van der Waals surface area contributed by atoms with Crippen molar-refractivity contribution in [2.45, 2.75) is 6.92 Å². The number of thiazole rings is 1. The number of nitrogens with zero attached hydrogens (tertiary/aromatic N) is 2. The number of nitriles is 1. The SMILES string of the molecule is COc1cc(/C=C(\C#N)c2nc(-c3ccc(C)cc3)cs2)ccc1OCC(=O)Nc1ccccc1. The summed E-state index contributed by atoms with van der Waals surface area (Å²) in [7, 11) is 1.53. The molecule has 3 aromatic carbocycles. The molecule has 0 atom stereocenters. The van der Waals surface area contributed by atoms with E-state index in [0.717, 1.165) is 16.8 Å². The number of ether oxygens (including phenoxy) is 2. The van der Waals surface area contributed by atoms with E-state index in [1.54, 1.807) is 36.4 Å². The van der Waals surface area contributed by atoms with Gasteiger partial charge in [0.25, 0.3) is 5.91 Å². The Bertz CT molecular complexity index is 1390. The largest absolute Gasteiger partial charge is 0.493 e. The fourth-order valence-corrected chi connectivity index (χ4v) is 4.11. The number of anilines is 1. The average molecular weight is 482 g/mol. The lowest BCUT2D eigenvalue weighted by atomic mass is 10.1. The number of allylic oxidation sites excluding steroid dienone is 1. The molecule has 0 unspecified atom stereocenters. The van der Waals surface area contributed by atoms with Crippen LogP contribution in [0.3, 0.4) is 0 Å². The molecule has 0 aliphatic carbocycles. The predicted molar refractivity (Wildman–Crippen MR) is 139 cm³/mol. The number of aryl methyl sites for hydroxylation is 1. The molecule has 0 fully saturated rings. The lowest BCUT2D eigenvalue weighted by molar-refractivity contribution is -0.118. The van der Waals surface area contributed by atoms with Crippen LogP contribution in [-0.4, -0.2) is 24.6 Å². The van der Waals surface area contributed by atoms with Crippen molar-refractivity contribution in [3.8, 4) is 28.8 Å². The maximum absolute atomic E-state index is 12.2. The molecule has 174 valence electrons. The minimum absolute atomic E-state index is 0.162. The molecule has 0 aliphatic heterocycles. The first-order valence-electron chi connectivity index (χ1n) is 10.9. The molecule has 1 aromatic heterocycles. The lowest BCUT2D eigenvalue weighted by Gasteiger charge is -2.11. The molecule has 0 aliphatic rings. The number of carbonyl (C=O) groups is 1. The Hall–Kier alpha value is -4.41. The van der Waals surface area contributed by atoms with Gasteiger partial charge in [-0.3, -0.25) is 4.79 Å². The van der Waals surface area contributed by atoms with Gasteiger partial charge in [-0.15, -0.1) is 11.3 Å². The smallest absolute Gasteiger partial charge is 0.262 e. The third-order valence-electron chi connectivity index (χ3n) is 5.12. The van der Waals surface area contributed by atoms with Crippen LogP contribution >= 0.6 is 11.3 Å². The summed E-state index contributed by atoms with van der Waals surface area (Å²) in [6.07, 6.45) is 1.76. The molecule has 0 saturated carbocycles. The van der Waals surface area contributed by atoms with E-state index in [0.29, 0.717) is 27.8 Å². The molecule has 0 bridgehead atoms. The van der Waals surface area contributed by atoms with Crippen molar-refractivity contribution in [3.05, 3.63) is 94.3 Å². The van der Waals surface area contributed by atoms with Crippen LogP contribution in [0.25, 0.3) is 22.9 Å². The van der Waals surface area contributed by atoms with Crippen molar-refractivity contribution in [1.82, 2.24) is 4.98 Å². The van der Waals surface area contributed by atoms with Crippen LogP contribution in [0.15, 0.2) is 78.2 Å².